The largest absolute Gasteiger partial charge is 0.275 e. The predicted molar refractivity (Wildman–Crippen MR) is 78.7 cm³/mol. The van der Waals surface area contributed by atoms with Gasteiger partial charge in [0.05, 0.1) is 16.7 Å². The van der Waals surface area contributed by atoms with Crippen LogP contribution in [0.2, 0.25) is 5.15 Å². The molecular formula is C15H13ClN4. The van der Waals surface area contributed by atoms with E-state index in [-0.39, 0.29) is 0 Å². The first kappa shape index (κ1) is 11.9. The zero-order valence-corrected chi connectivity index (χ0v) is 11.8. The van der Waals surface area contributed by atoms with Gasteiger partial charge in [-0.05, 0) is 31.0 Å². The minimum atomic E-state index is 0.491. The first-order chi connectivity index (χ1) is 9.70. The van der Waals surface area contributed by atoms with Gasteiger partial charge in [-0.25, -0.2) is 4.98 Å². The average molecular weight is 285 g/mol. The summed E-state index contributed by atoms with van der Waals surface area (Å²) >= 11 is 5.96. The van der Waals surface area contributed by atoms with Crippen LogP contribution in [0.3, 0.4) is 0 Å². The summed E-state index contributed by atoms with van der Waals surface area (Å²) in [5, 5.41) is 5.08. The standard InChI is InChI=1S/C15H13ClN4/c1-20-8-11(15(19-20)9-2-3-9)10-6-13-12(17-7-10)4-5-14(16)18-13/h4-9H,2-3H2,1H3. The number of nitrogens with zero attached hydrogens (tertiary/aromatic N) is 4. The molecule has 1 fully saturated rings. The van der Waals surface area contributed by atoms with Crippen LogP contribution in [0.1, 0.15) is 24.5 Å². The zero-order valence-electron chi connectivity index (χ0n) is 11.0. The number of fused-ring (bicyclic) bond motifs is 1. The molecule has 0 aromatic carbocycles. The van der Waals surface area contributed by atoms with Crippen molar-refractivity contribution in [3.8, 4) is 11.1 Å². The molecule has 1 aliphatic rings. The molecule has 3 aromatic rings. The Kier molecular flexibility index (Phi) is 2.54. The zero-order chi connectivity index (χ0) is 13.7. The fraction of sp³-hybridized carbons (Fsp3) is 0.267. The maximum absolute atomic E-state index is 5.96. The van der Waals surface area contributed by atoms with E-state index >= 15 is 0 Å². The normalized spacial score (nSPS) is 14.9. The van der Waals surface area contributed by atoms with E-state index in [1.54, 1.807) is 6.07 Å². The maximum Gasteiger partial charge on any atom is 0.129 e. The quantitative estimate of drug-likeness (QED) is 0.676. The predicted octanol–water partition coefficient (Wildman–Crippen LogP) is 3.56. The molecule has 0 amide bonds. The summed E-state index contributed by atoms with van der Waals surface area (Å²) < 4.78 is 1.87. The average Bonchev–Trinajstić information content (AvgIpc) is 3.21. The molecule has 3 aromatic heterocycles. The molecule has 0 N–H and O–H groups in total. The van der Waals surface area contributed by atoms with Crippen LogP contribution in [0.25, 0.3) is 22.2 Å². The molecule has 0 atom stereocenters. The number of hydrogen-bond acceptors (Lipinski definition) is 3. The van der Waals surface area contributed by atoms with Crippen LogP contribution in [0, 0.1) is 0 Å². The maximum atomic E-state index is 5.96. The van der Waals surface area contributed by atoms with Gasteiger partial charge in [-0.3, -0.25) is 9.67 Å². The van der Waals surface area contributed by atoms with E-state index in [2.05, 4.69) is 21.3 Å². The Balaban J connectivity index is 1.89. The third kappa shape index (κ3) is 1.96. The Labute approximate surface area is 121 Å². The molecule has 1 saturated carbocycles. The molecule has 0 unspecified atom stereocenters. The lowest BCUT2D eigenvalue weighted by atomic mass is 10.1. The summed E-state index contributed by atoms with van der Waals surface area (Å²) in [6.45, 7) is 0. The van der Waals surface area contributed by atoms with Gasteiger partial charge in [0, 0.05) is 36.5 Å². The summed E-state index contributed by atoms with van der Waals surface area (Å²) in [7, 11) is 1.96. The van der Waals surface area contributed by atoms with E-state index in [1.807, 2.05) is 30.1 Å². The van der Waals surface area contributed by atoms with Gasteiger partial charge in [-0.15, -0.1) is 0 Å². The lowest BCUT2D eigenvalue weighted by Crippen LogP contribution is -1.90. The van der Waals surface area contributed by atoms with E-state index in [0.29, 0.717) is 11.1 Å². The van der Waals surface area contributed by atoms with E-state index in [9.17, 15) is 0 Å². The van der Waals surface area contributed by atoms with Gasteiger partial charge in [-0.2, -0.15) is 5.10 Å². The van der Waals surface area contributed by atoms with E-state index in [0.717, 1.165) is 22.2 Å². The Bertz CT molecular complexity index is 805. The molecule has 0 spiro atoms. The molecule has 0 bridgehead atoms. The van der Waals surface area contributed by atoms with Gasteiger partial charge in [0.2, 0.25) is 0 Å². The molecule has 0 aliphatic heterocycles. The topological polar surface area (TPSA) is 43.6 Å². The van der Waals surface area contributed by atoms with Gasteiger partial charge in [0.25, 0.3) is 0 Å². The number of rotatable bonds is 2. The van der Waals surface area contributed by atoms with Crippen molar-refractivity contribution in [2.24, 2.45) is 7.05 Å². The highest BCUT2D eigenvalue weighted by Crippen LogP contribution is 2.43. The number of pyridine rings is 2. The van der Waals surface area contributed by atoms with Crippen molar-refractivity contribution < 1.29 is 0 Å². The summed E-state index contributed by atoms with van der Waals surface area (Å²) in [5.41, 5.74) is 5.07. The molecule has 100 valence electrons. The van der Waals surface area contributed by atoms with Crippen LogP contribution in [0.15, 0.2) is 30.6 Å². The fourth-order valence-electron chi connectivity index (χ4n) is 2.52. The van der Waals surface area contributed by atoms with E-state index in [1.165, 1.54) is 18.5 Å². The Hall–Kier alpha value is -1.94. The third-order valence-corrected chi connectivity index (χ3v) is 3.85. The smallest absolute Gasteiger partial charge is 0.129 e. The molecule has 0 saturated heterocycles. The van der Waals surface area contributed by atoms with Crippen molar-refractivity contribution in [1.29, 1.82) is 0 Å². The summed E-state index contributed by atoms with van der Waals surface area (Å²) in [4.78, 5) is 8.81. The van der Waals surface area contributed by atoms with Crippen LogP contribution < -0.4 is 0 Å². The highest BCUT2D eigenvalue weighted by atomic mass is 35.5. The minimum absolute atomic E-state index is 0.491. The van der Waals surface area contributed by atoms with Crippen LogP contribution in [-0.4, -0.2) is 19.7 Å². The van der Waals surface area contributed by atoms with Crippen LogP contribution in [-0.2, 0) is 7.05 Å². The van der Waals surface area contributed by atoms with Crippen molar-refractivity contribution >= 4 is 22.6 Å². The monoisotopic (exact) mass is 284 g/mol. The molecule has 3 heterocycles. The summed E-state index contributed by atoms with van der Waals surface area (Å²) in [5.74, 6) is 0.606. The third-order valence-electron chi connectivity index (χ3n) is 3.64. The summed E-state index contributed by atoms with van der Waals surface area (Å²) in [6.07, 6.45) is 6.41. The fourth-order valence-corrected chi connectivity index (χ4v) is 2.67. The molecule has 1 aliphatic carbocycles. The lowest BCUT2D eigenvalue weighted by molar-refractivity contribution is 0.744. The molecule has 4 rings (SSSR count). The van der Waals surface area contributed by atoms with E-state index in [4.69, 9.17) is 11.6 Å². The van der Waals surface area contributed by atoms with Crippen molar-refractivity contribution in [3.05, 3.63) is 41.4 Å². The van der Waals surface area contributed by atoms with Crippen molar-refractivity contribution in [2.75, 3.05) is 0 Å². The lowest BCUT2D eigenvalue weighted by Gasteiger charge is -2.03. The second kappa shape index (κ2) is 4.28. The van der Waals surface area contributed by atoms with Crippen LogP contribution in [0.5, 0.6) is 0 Å². The van der Waals surface area contributed by atoms with Crippen molar-refractivity contribution in [1.82, 2.24) is 19.7 Å². The molecular weight excluding hydrogens is 272 g/mol. The Morgan fingerprint density at radius 3 is 2.90 bits per heavy atom. The Morgan fingerprint density at radius 1 is 1.25 bits per heavy atom. The molecule has 5 heteroatoms. The summed E-state index contributed by atoms with van der Waals surface area (Å²) in [6, 6.07) is 5.69. The number of hydrogen-bond donors (Lipinski definition) is 0. The first-order valence-corrected chi connectivity index (χ1v) is 7.05. The highest BCUT2D eigenvalue weighted by molar-refractivity contribution is 6.29. The van der Waals surface area contributed by atoms with E-state index < -0.39 is 0 Å². The van der Waals surface area contributed by atoms with Crippen LogP contribution >= 0.6 is 11.6 Å². The minimum Gasteiger partial charge on any atom is -0.275 e. The number of halogens is 1. The van der Waals surface area contributed by atoms with Gasteiger partial charge in [0.15, 0.2) is 0 Å². The van der Waals surface area contributed by atoms with Crippen LogP contribution in [0.4, 0.5) is 0 Å². The second-order valence-electron chi connectivity index (χ2n) is 5.27. The van der Waals surface area contributed by atoms with Gasteiger partial charge in [0.1, 0.15) is 5.15 Å². The Morgan fingerprint density at radius 2 is 2.10 bits per heavy atom. The van der Waals surface area contributed by atoms with Gasteiger partial charge in [-0.1, -0.05) is 11.6 Å². The second-order valence-corrected chi connectivity index (χ2v) is 5.66. The van der Waals surface area contributed by atoms with Crippen molar-refractivity contribution in [2.45, 2.75) is 18.8 Å². The molecule has 4 nitrogen and oxygen atoms in total. The van der Waals surface area contributed by atoms with Gasteiger partial charge < -0.3 is 0 Å². The SMILES string of the molecule is Cn1cc(-c2cnc3ccc(Cl)nc3c2)c(C2CC2)n1. The number of aryl methyl sites for hydroxylation is 1. The number of aromatic nitrogens is 4. The highest BCUT2D eigenvalue weighted by Gasteiger charge is 2.29. The van der Waals surface area contributed by atoms with Gasteiger partial charge >= 0.3 is 0 Å². The molecule has 0 radical (unpaired) electrons. The van der Waals surface area contributed by atoms with Crippen molar-refractivity contribution in [3.63, 3.8) is 0 Å². The molecule has 20 heavy (non-hydrogen) atoms. The first-order valence-electron chi connectivity index (χ1n) is 6.67.